The van der Waals surface area contributed by atoms with Gasteiger partial charge in [0.2, 0.25) is 5.95 Å². The lowest BCUT2D eigenvalue weighted by molar-refractivity contribution is -0.189. The maximum Gasteiger partial charge on any atom is 0.221 e. The van der Waals surface area contributed by atoms with Gasteiger partial charge in [0.15, 0.2) is 0 Å². The Morgan fingerprint density at radius 1 is 1.19 bits per heavy atom. The highest BCUT2D eigenvalue weighted by Crippen LogP contribution is 2.17. The van der Waals surface area contributed by atoms with Crippen LogP contribution >= 0.6 is 11.3 Å². The molecule has 6 heteroatoms. The van der Waals surface area contributed by atoms with Crippen molar-refractivity contribution in [3.05, 3.63) is 17.6 Å². The number of nitrogens with zero attached hydrogens (tertiary/aromatic N) is 4. The Morgan fingerprint density at radius 2 is 1.88 bits per heavy atom. The first-order chi connectivity index (χ1) is 7.83. The number of nitrogens with two attached hydrogens (primary N) is 1. The summed E-state index contributed by atoms with van der Waals surface area (Å²) in [4.78, 5) is 8.83. The van der Waals surface area contributed by atoms with Crippen LogP contribution in [-0.2, 0) is 0 Å². The zero-order valence-corrected chi connectivity index (χ0v) is 9.65. The normalized spacial score (nSPS) is 19.2. The number of thiophene rings is 1. The van der Waals surface area contributed by atoms with Crippen molar-refractivity contribution in [3.63, 3.8) is 0 Å². The zero-order chi connectivity index (χ0) is 11.0. The third-order valence-corrected chi connectivity index (χ3v) is 3.68. The van der Waals surface area contributed by atoms with Gasteiger partial charge in [0.1, 0.15) is 4.83 Å². The first kappa shape index (κ1) is 9.95. The van der Waals surface area contributed by atoms with Crippen molar-refractivity contribution >= 4 is 27.5 Å². The second-order valence-corrected chi connectivity index (χ2v) is 4.71. The number of hydrogen-bond acceptors (Lipinski definition) is 6. The first-order valence-corrected chi connectivity index (χ1v) is 6.16. The molecule has 4 rings (SSSR count). The van der Waals surface area contributed by atoms with Gasteiger partial charge >= 0.3 is 0 Å². The van der Waals surface area contributed by atoms with E-state index in [9.17, 15) is 0 Å². The van der Waals surface area contributed by atoms with E-state index in [1.54, 1.807) is 17.5 Å². The van der Waals surface area contributed by atoms with Gasteiger partial charge in [-0.1, -0.05) is 0 Å². The van der Waals surface area contributed by atoms with Crippen LogP contribution in [0.25, 0.3) is 10.2 Å². The van der Waals surface area contributed by atoms with Crippen molar-refractivity contribution in [2.24, 2.45) is 0 Å². The summed E-state index contributed by atoms with van der Waals surface area (Å²) in [6.45, 7) is 5.28. The fourth-order valence-electron chi connectivity index (χ4n) is 1.76. The number of hydrogen-bond donors (Lipinski definition) is 1. The topological polar surface area (TPSA) is 58.3 Å². The van der Waals surface area contributed by atoms with E-state index in [-0.39, 0.29) is 0 Å². The van der Waals surface area contributed by atoms with Gasteiger partial charge in [-0.25, -0.2) is 20.0 Å². The minimum absolute atomic E-state index is 0.343. The van der Waals surface area contributed by atoms with Gasteiger partial charge in [-0.05, 0) is 11.4 Å². The van der Waals surface area contributed by atoms with Crippen LogP contribution in [0.2, 0.25) is 0 Å². The molecular weight excluding hydrogens is 222 g/mol. The Balaban J connectivity index is 0.000000114. The van der Waals surface area contributed by atoms with Crippen molar-refractivity contribution in [1.29, 1.82) is 0 Å². The van der Waals surface area contributed by atoms with Gasteiger partial charge in [-0.2, -0.15) is 0 Å². The van der Waals surface area contributed by atoms with Gasteiger partial charge in [-0.15, -0.1) is 11.3 Å². The van der Waals surface area contributed by atoms with E-state index in [2.05, 4.69) is 20.0 Å². The summed E-state index contributed by atoms with van der Waals surface area (Å²) in [6, 6.07) is 1.97. The number of piperazine rings is 1. The average molecular weight is 235 g/mol. The zero-order valence-electron chi connectivity index (χ0n) is 8.83. The highest BCUT2D eigenvalue weighted by molar-refractivity contribution is 7.16. The molecule has 2 saturated heterocycles. The summed E-state index contributed by atoms with van der Waals surface area (Å²) in [6.07, 6.45) is 1.73. The van der Waals surface area contributed by atoms with E-state index in [0.717, 1.165) is 10.2 Å². The first-order valence-electron chi connectivity index (χ1n) is 5.28. The van der Waals surface area contributed by atoms with Gasteiger partial charge in [0.05, 0.1) is 0 Å². The summed E-state index contributed by atoms with van der Waals surface area (Å²) in [5, 5.41) is 7.75. The molecule has 0 amide bonds. The van der Waals surface area contributed by atoms with E-state index in [4.69, 9.17) is 5.73 Å². The molecule has 0 saturated carbocycles. The largest absolute Gasteiger partial charge is 0.368 e. The van der Waals surface area contributed by atoms with Crippen LogP contribution in [0.4, 0.5) is 5.95 Å². The molecule has 2 N–H and O–H groups in total. The molecule has 4 heterocycles. The minimum atomic E-state index is 0.343. The van der Waals surface area contributed by atoms with Gasteiger partial charge in [0, 0.05) is 37.8 Å². The van der Waals surface area contributed by atoms with Crippen LogP contribution in [0, 0.1) is 0 Å². The summed E-state index contributed by atoms with van der Waals surface area (Å²) in [5.41, 5.74) is 5.37. The van der Waals surface area contributed by atoms with Crippen molar-refractivity contribution in [2.75, 3.05) is 31.9 Å². The van der Waals surface area contributed by atoms with Crippen LogP contribution < -0.4 is 5.73 Å². The third kappa shape index (κ3) is 1.75. The predicted molar refractivity (Wildman–Crippen MR) is 65.0 cm³/mol. The Labute approximate surface area is 97.5 Å². The van der Waals surface area contributed by atoms with E-state index < -0.39 is 0 Å². The quantitative estimate of drug-likeness (QED) is 0.732. The number of rotatable bonds is 0. The number of hydrazine groups is 1. The minimum Gasteiger partial charge on any atom is -0.368 e. The highest BCUT2D eigenvalue weighted by atomic mass is 32.1. The summed E-state index contributed by atoms with van der Waals surface area (Å²) < 4.78 is 0. The fraction of sp³-hybridized carbons (Fsp3) is 0.400. The van der Waals surface area contributed by atoms with E-state index in [0.29, 0.717) is 5.95 Å². The molecule has 2 aromatic heterocycles. The van der Waals surface area contributed by atoms with Gasteiger partial charge in [-0.3, -0.25) is 0 Å². The number of nitrogen functional groups attached to an aromatic ring is 1. The molecule has 16 heavy (non-hydrogen) atoms. The molecule has 84 valence electrons. The van der Waals surface area contributed by atoms with Crippen LogP contribution in [-0.4, -0.2) is 46.2 Å². The predicted octanol–water partition coefficient (Wildman–Crippen LogP) is 0.806. The SMILES string of the molecule is C1CN2CCN12.Nc1ncc2ccsc2n1. The molecule has 5 nitrogen and oxygen atoms in total. The maximum absolute atomic E-state index is 5.37. The number of anilines is 1. The standard InChI is InChI=1S/C6H5N3S.C4H8N2/c7-6-8-3-4-1-2-10-5(4)9-6;1-2-6-4-3-5(1)6/h1-3H,(H2,7,8,9);1-4H2. The van der Waals surface area contributed by atoms with Crippen molar-refractivity contribution in [1.82, 2.24) is 20.0 Å². The molecule has 0 spiro atoms. The fourth-order valence-corrected chi connectivity index (χ4v) is 2.50. The van der Waals surface area contributed by atoms with Gasteiger partial charge in [0.25, 0.3) is 0 Å². The lowest BCUT2D eigenvalue weighted by Crippen LogP contribution is -2.68. The number of fused-ring (bicyclic) bond motifs is 2. The molecule has 0 radical (unpaired) electrons. The van der Waals surface area contributed by atoms with Crippen LogP contribution in [0.3, 0.4) is 0 Å². The Kier molecular flexibility index (Phi) is 2.47. The smallest absolute Gasteiger partial charge is 0.221 e. The Hall–Kier alpha value is -1.24. The third-order valence-electron chi connectivity index (χ3n) is 2.86. The van der Waals surface area contributed by atoms with Crippen LogP contribution in [0.1, 0.15) is 0 Å². The summed E-state index contributed by atoms with van der Waals surface area (Å²) >= 11 is 1.57. The second-order valence-electron chi connectivity index (χ2n) is 3.82. The van der Waals surface area contributed by atoms with Crippen molar-refractivity contribution in [3.8, 4) is 0 Å². The lowest BCUT2D eigenvalue weighted by Gasteiger charge is -2.52. The van der Waals surface area contributed by atoms with E-state index in [1.165, 1.54) is 26.2 Å². The Morgan fingerprint density at radius 3 is 2.44 bits per heavy atom. The molecule has 0 aliphatic carbocycles. The second kappa shape index (κ2) is 3.97. The monoisotopic (exact) mass is 235 g/mol. The average Bonchev–Trinajstić information content (AvgIpc) is 2.71. The van der Waals surface area contributed by atoms with Crippen LogP contribution in [0.5, 0.6) is 0 Å². The molecule has 2 fully saturated rings. The molecular formula is C10H13N5S. The summed E-state index contributed by atoms with van der Waals surface area (Å²) in [5.74, 6) is 0.343. The molecule has 2 aromatic rings. The molecule has 2 aliphatic heterocycles. The van der Waals surface area contributed by atoms with Crippen molar-refractivity contribution < 1.29 is 0 Å². The number of aromatic nitrogens is 2. The summed E-state index contributed by atoms with van der Waals surface area (Å²) in [7, 11) is 0. The van der Waals surface area contributed by atoms with E-state index in [1.807, 2.05) is 11.4 Å². The molecule has 0 aromatic carbocycles. The maximum atomic E-state index is 5.37. The molecule has 0 bridgehead atoms. The van der Waals surface area contributed by atoms with Crippen LogP contribution in [0.15, 0.2) is 17.6 Å². The van der Waals surface area contributed by atoms with E-state index >= 15 is 0 Å². The van der Waals surface area contributed by atoms with Crippen molar-refractivity contribution in [2.45, 2.75) is 0 Å². The lowest BCUT2D eigenvalue weighted by atomic mass is 10.3. The molecule has 0 unspecified atom stereocenters. The highest BCUT2D eigenvalue weighted by Gasteiger charge is 2.32. The molecule has 2 aliphatic rings. The molecule has 0 atom stereocenters. The van der Waals surface area contributed by atoms with Gasteiger partial charge < -0.3 is 5.73 Å². The Bertz CT molecular complexity index is 479.